The molecule has 0 unspecified atom stereocenters. The lowest BCUT2D eigenvalue weighted by Gasteiger charge is -2.18. The fourth-order valence-corrected chi connectivity index (χ4v) is 2.57. The van der Waals surface area contributed by atoms with Crippen LogP contribution < -0.4 is 10.1 Å². The highest BCUT2D eigenvalue weighted by molar-refractivity contribution is 6.34. The number of halogens is 3. The monoisotopic (exact) mass is 373 g/mol. The Morgan fingerprint density at radius 3 is 2.57 bits per heavy atom. The molecule has 0 saturated carbocycles. The topological polar surface area (TPSA) is 41.5 Å². The maximum Gasteiger partial charge on any atom is 0.139 e. The third-order valence-corrected chi connectivity index (χ3v) is 4.12. The highest BCUT2D eigenvalue weighted by Crippen LogP contribution is 2.27. The Hall–Kier alpha value is -0.970. The highest BCUT2D eigenvalue weighted by atomic mass is 35.5. The van der Waals surface area contributed by atoms with E-state index in [9.17, 15) is 5.11 Å². The normalized spacial score (nSPS) is 13.6. The first kappa shape index (κ1) is 18.4. The molecule has 2 aromatic rings. The molecule has 0 radical (unpaired) electrons. The number of benzene rings is 2. The second kappa shape index (κ2) is 8.76. The molecule has 124 valence electrons. The van der Waals surface area contributed by atoms with Gasteiger partial charge >= 0.3 is 0 Å². The van der Waals surface area contributed by atoms with Gasteiger partial charge in [0, 0.05) is 28.7 Å². The molecule has 23 heavy (non-hydrogen) atoms. The van der Waals surface area contributed by atoms with Crippen molar-refractivity contribution in [2.75, 3.05) is 13.2 Å². The molecule has 0 aliphatic heterocycles. The van der Waals surface area contributed by atoms with Crippen molar-refractivity contribution in [3.63, 3.8) is 0 Å². The van der Waals surface area contributed by atoms with Crippen molar-refractivity contribution in [3.8, 4) is 5.75 Å². The molecule has 0 heterocycles. The van der Waals surface area contributed by atoms with Crippen LogP contribution in [0.1, 0.15) is 18.5 Å². The first-order chi connectivity index (χ1) is 11.0. The van der Waals surface area contributed by atoms with E-state index in [4.69, 9.17) is 39.5 Å². The molecule has 0 bridgehead atoms. The summed E-state index contributed by atoms with van der Waals surface area (Å²) in [6, 6.07) is 12.6. The van der Waals surface area contributed by atoms with E-state index in [1.165, 1.54) is 0 Å². The van der Waals surface area contributed by atoms with Crippen molar-refractivity contribution in [2.24, 2.45) is 0 Å². The molecule has 2 N–H and O–H groups in total. The lowest BCUT2D eigenvalue weighted by atomic mass is 10.1. The number of hydrogen-bond acceptors (Lipinski definition) is 3. The van der Waals surface area contributed by atoms with Crippen molar-refractivity contribution >= 4 is 34.8 Å². The van der Waals surface area contributed by atoms with Gasteiger partial charge in [0.25, 0.3) is 0 Å². The molecule has 0 amide bonds. The molecular formula is C17H18Cl3NO2. The molecule has 0 spiro atoms. The van der Waals surface area contributed by atoms with Gasteiger partial charge in [0.2, 0.25) is 0 Å². The predicted octanol–water partition coefficient (Wildman–Crippen LogP) is 4.74. The summed E-state index contributed by atoms with van der Waals surface area (Å²) in [7, 11) is 0. The largest absolute Gasteiger partial charge is 0.489 e. The highest BCUT2D eigenvalue weighted by Gasteiger charge is 2.11. The van der Waals surface area contributed by atoms with E-state index in [2.05, 4.69) is 5.32 Å². The molecule has 0 aliphatic rings. The van der Waals surface area contributed by atoms with Crippen molar-refractivity contribution < 1.29 is 9.84 Å². The van der Waals surface area contributed by atoms with Gasteiger partial charge in [0.05, 0.1) is 5.02 Å². The summed E-state index contributed by atoms with van der Waals surface area (Å²) in [4.78, 5) is 0. The molecule has 2 atom stereocenters. The quantitative estimate of drug-likeness (QED) is 0.735. The van der Waals surface area contributed by atoms with Crippen molar-refractivity contribution in [3.05, 3.63) is 63.1 Å². The molecular weight excluding hydrogens is 357 g/mol. The second-order valence-electron chi connectivity index (χ2n) is 5.22. The molecule has 0 saturated heterocycles. The predicted molar refractivity (Wildman–Crippen MR) is 95.8 cm³/mol. The average Bonchev–Trinajstić information content (AvgIpc) is 2.53. The third kappa shape index (κ3) is 5.87. The Labute approximate surface area is 151 Å². The van der Waals surface area contributed by atoms with Crippen LogP contribution in [0.2, 0.25) is 15.1 Å². The van der Waals surface area contributed by atoms with Gasteiger partial charge in [0.1, 0.15) is 18.5 Å². The summed E-state index contributed by atoms with van der Waals surface area (Å²) in [6.45, 7) is 2.51. The van der Waals surface area contributed by atoms with E-state index in [1.54, 1.807) is 18.2 Å². The van der Waals surface area contributed by atoms with Crippen LogP contribution in [0.4, 0.5) is 0 Å². The molecule has 0 aliphatic carbocycles. The zero-order valence-corrected chi connectivity index (χ0v) is 14.9. The molecule has 3 nitrogen and oxygen atoms in total. The summed E-state index contributed by atoms with van der Waals surface area (Å²) >= 11 is 17.9. The van der Waals surface area contributed by atoms with Crippen molar-refractivity contribution in [2.45, 2.75) is 19.1 Å². The van der Waals surface area contributed by atoms with Crippen LogP contribution in [0, 0.1) is 0 Å². The Bertz CT molecular complexity index is 651. The van der Waals surface area contributed by atoms with E-state index in [1.807, 2.05) is 31.2 Å². The van der Waals surface area contributed by atoms with Gasteiger partial charge in [-0.25, -0.2) is 0 Å². The van der Waals surface area contributed by atoms with E-state index in [-0.39, 0.29) is 12.6 Å². The Kier molecular flexibility index (Phi) is 7.00. The summed E-state index contributed by atoms with van der Waals surface area (Å²) < 4.78 is 5.51. The number of rotatable bonds is 7. The van der Waals surface area contributed by atoms with Crippen molar-refractivity contribution in [1.29, 1.82) is 0 Å². The Morgan fingerprint density at radius 1 is 1.09 bits per heavy atom. The SMILES string of the molecule is C[C@H](NC[C@H](O)COc1cc(Cl)ccc1Cl)c1cccc(Cl)c1. The van der Waals surface area contributed by atoms with E-state index in [0.717, 1.165) is 5.56 Å². The third-order valence-electron chi connectivity index (χ3n) is 3.33. The van der Waals surface area contributed by atoms with E-state index in [0.29, 0.717) is 27.4 Å². The van der Waals surface area contributed by atoms with Crippen LogP contribution >= 0.6 is 34.8 Å². The molecule has 2 rings (SSSR count). The van der Waals surface area contributed by atoms with Gasteiger partial charge in [-0.2, -0.15) is 0 Å². The number of ether oxygens (including phenoxy) is 1. The van der Waals surface area contributed by atoms with Crippen LogP contribution in [-0.2, 0) is 0 Å². The van der Waals surface area contributed by atoms with E-state index < -0.39 is 6.10 Å². The minimum atomic E-state index is -0.674. The summed E-state index contributed by atoms with van der Waals surface area (Å²) in [6.07, 6.45) is -0.674. The van der Waals surface area contributed by atoms with Crippen LogP contribution in [0.5, 0.6) is 5.75 Å². The van der Waals surface area contributed by atoms with Gasteiger partial charge in [-0.05, 0) is 36.8 Å². The zero-order chi connectivity index (χ0) is 16.8. The molecule has 2 aromatic carbocycles. The lowest BCUT2D eigenvalue weighted by Crippen LogP contribution is -2.33. The maximum atomic E-state index is 10.0. The Morgan fingerprint density at radius 2 is 1.83 bits per heavy atom. The summed E-state index contributed by atoms with van der Waals surface area (Å²) in [5, 5.41) is 15.0. The minimum absolute atomic E-state index is 0.0677. The average molecular weight is 375 g/mol. The fourth-order valence-electron chi connectivity index (χ4n) is 2.04. The van der Waals surface area contributed by atoms with Crippen LogP contribution in [0.15, 0.2) is 42.5 Å². The van der Waals surface area contributed by atoms with Gasteiger partial charge in [-0.1, -0.05) is 46.9 Å². The maximum absolute atomic E-state index is 10.0. The van der Waals surface area contributed by atoms with E-state index >= 15 is 0 Å². The minimum Gasteiger partial charge on any atom is -0.489 e. The Balaban J connectivity index is 1.81. The first-order valence-corrected chi connectivity index (χ1v) is 8.34. The number of aliphatic hydroxyl groups excluding tert-OH is 1. The standard InChI is InChI=1S/C17H18Cl3NO2/c1-11(12-3-2-4-13(18)7-12)21-9-15(22)10-23-17-8-14(19)5-6-16(17)20/h2-8,11,15,21-22H,9-10H2,1H3/t11-,15-/m0/s1. The fraction of sp³-hybridized carbons (Fsp3) is 0.294. The van der Waals surface area contributed by atoms with Crippen molar-refractivity contribution in [1.82, 2.24) is 5.32 Å². The lowest BCUT2D eigenvalue weighted by molar-refractivity contribution is 0.104. The van der Waals surface area contributed by atoms with Gasteiger partial charge in [-0.3, -0.25) is 0 Å². The summed E-state index contributed by atoms with van der Waals surface area (Å²) in [5.74, 6) is 0.459. The number of nitrogens with one attached hydrogen (secondary N) is 1. The van der Waals surface area contributed by atoms with Crippen LogP contribution in [-0.4, -0.2) is 24.4 Å². The molecule has 0 aromatic heterocycles. The smallest absolute Gasteiger partial charge is 0.139 e. The number of aliphatic hydroxyl groups is 1. The first-order valence-electron chi connectivity index (χ1n) is 7.20. The zero-order valence-electron chi connectivity index (χ0n) is 12.6. The van der Waals surface area contributed by atoms with Crippen LogP contribution in [0.25, 0.3) is 0 Å². The second-order valence-corrected chi connectivity index (χ2v) is 6.50. The van der Waals surface area contributed by atoms with Gasteiger partial charge < -0.3 is 15.2 Å². The molecule has 0 fully saturated rings. The summed E-state index contributed by atoms with van der Waals surface area (Å²) in [5.41, 5.74) is 1.06. The number of hydrogen-bond donors (Lipinski definition) is 2. The van der Waals surface area contributed by atoms with Crippen LogP contribution in [0.3, 0.4) is 0 Å². The molecule has 6 heteroatoms. The van der Waals surface area contributed by atoms with Gasteiger partial charge in [0.15, 0.2) is 0 Å². The van der Waals surface area contributed by atoms with Gasteiger partial charge in [-0.15, -0.1) is 0 Å².